The fourth-order valence-electron chi connectivity index (χ4n) is 2.38. The van der Waals surface area contributed by atoms with Crippen molar-refractivity contribution in [3.8, 4) is 0 Å². The molecule has 6 nitrogen and oxygen atoms in total. The van der Waals surface area contributed by atoms with E-state index in [-0.39, 0.29) is 18.0 Å². The van der Waals surface area contributed by atoms with E-state index in [0.717, 1.165) is 25.2 Å². The monoisotopic (exact) mass is 264 g/mol. The van der Waals surface area contributed by atoms with Gasteiger partial charge in [-0.05, 0) is 17.7 Å². The predicted octanol–water partition coefficient (Wildman–Crippen LogP) is 0.211. The summed E-state index contributed by atoms with van der Waals surface area (Å²) >= 11 is 0. The number of methoxy groups -OCH3 is 2. The normalized spacial score (nSPS) is 23.7. The number of aromatic nitrogens is 1. The smallest absolute Gasteiger partial charge is 0.141 e. The van der Waals surface area contributed by atoms with Crippen LogP contribution in [-0.2, 0) is 16.0 Å². The summed E-state index contributed by atoms with van der Waals surface area (Å²) in [5, 5.41) is 7.40. The van der Waals surface area contributed by atoms with Crippen molar-refractivity contribution in [3.63, 3.8) is 0 Å². The fourth-order valence-corrected chi connectivity index (χ4v) is 2.38. The first-order valence-electron chi connectivity index (χ1n) is 6.21. The molecule has 6 heteroatoms. The van der Waals surface area contributed by atoms with Gasteiger partial charge in [0.15, 0.2) is 0 Å². The molecule has 0 spiro atoms. The molecule has 2 heterocycles. The summed E-state index contributed by atoms with van der Waals surface area (Å²) in [7, 11) is 3.42. The van der Waals surface area contributed by atoms with E-state index < -0.39 is 0 Å². The first-order valence-corrected chi connectivity index (χ1v) is 6.21. The Balaban J connectivity index is 2.02. The van der Waals surface area contributed by atoms with Crippen molar-refractivity contribution < 1.29 is 9.47 Å². The summed E-state index contributed by atoms with van der Waals surface area (Å²) in [5.41, 5.74) is 7.05. The average Bonchev–Trinajstić information content (AvgIpc) is 2.81. The molecule has 1 fully saturated rings. The molecule has 0 aromatic carbocycles. The van der Waals surface area contributed by atoms with Crippen molar-refractivity contribution in [1.29, 1.82) is 5.41 Å². The van der Waals surface area contributed by atoms with Gasteiger partial charge in [-0.15, -0.1) is 0 Å². The zero-order valence-electron chi connectivity index (χ0n) is 11.3. The molecule has 2 rings (SSSR count). The molecule has 1 aromatic rings. The highest BCUT2D eigenvalue weighted by Crippen LogP contribution is 2.18. The SMILES string of the molecule is COC1CN(Cc2ccnc(C(=N)N)c2)CC1OC. The number of amidine groups is 1. The summed E-state index contributed by atoms with van der Waals surface area (Å²) in [6, 6.07) is 3.79. The topological polar surface area (TPSA) is 84.5 Å². The Hall–Kier alpha value is -1.50. The zero-order chi connectivity index (χ0) is 13.8. The van der Waals surface area contributed by atoms with Crippen LogP contribution in [0.2, 0.25) is 0 Å². The van der Waals surface area contributed by atoms with Gasteiger partial charge in [0.2, 0.25) is 0 Å². The molecule has 104 valence electrons. The Labute approximate surface area is 113 Å². The van der Waals surface area contributed by atoms with Crippen LogP contribution in [0.3, 0.4) is 0 Å². The van der Waals surface area contributed by atoms with Gasteiger partial charge in [-0.2, -0.15) is 0 Å². The lowest BCUT2D eigenvalue weighted by Gasteiger charge is -2.15. The summed E-state index contributed by atoms with van der Waals surface area (Å²) in [6.45, 7) is 2.46. The second-order valence-corrected chi connectivity index (χ2v) is 4.71. The van der Waals surface area contributed by atoms with E-state index in [1.54, 1.807) is 20.4 Å². The largest absolute Gasteiger partial charge is 0.382 e. The summed E-state index contributed by atoms with van der Waals surface area (Å²) in [5.74, 6) is -0.00666. The molecule has 1 aromatic heterocycles. The predicted molar refractivity (Wildman–Crippen MR) is 72.1 cm³/mol. The molecule has 0 bridgehead atoms. The lowest BCUT2D eigenvalue weighted by molar-refractivity contribution is -0.00461. The molecule has 19 heavy (non-hydrogen) atoms. The highest BCUT2D eigenvalue weighted by atomic mass is 16.5. The molecule has 1 aliphatic rings. The molecule has 0 radical (unpaired) electrons. The van der Waals surface area contributed by atoms with E-state index in [4.69, 9.17) is 20.6 Å². The standard InChI is InChI=1S/C13H20N4O2/c1-18-11-7-17(8-12(11)19-2)6-9-3-4-16-10(5-9)13(14)15/h3-5,11-12H,6-8H2,1-2H3,(H3,14,15). The first-order chi connectivity index (χ1) is 9.13. The molecule has 0 amide bonds. The van der Waals surface area contributed by atoms with Gasteiger partial charge in [-0.25, -0.2) is 0 Å². The van der Waals surface area contributed by atoms with Gasteiger partial charge >= 0.3 is 0 Å². The Morgan fingerprint density at radius 3 is 2.58 bits per heavy atom. The van der Waals surface area contributed by atoms with Crippen molar-refractivity contribution in [3.05, 3.63) is 29.6 Å². The van der Waals surface area contributed by atoms with Crippen LogP contribution in [0.15, 0.2) is 18.3 Å². The maximum atomic E-state index is 7.40. The summed E-state index contributed by atoms with van der Waals surface area (Å²) in [6.07, 6.45) is 1.90. The third-order valence-electron chi connectivity index (χ3n) is 3.40. The van der Waals surface area contributed by atoms with Crippen LogP contribution in [0.1, 0.15) is 11.3 Å². The summed E-state index contributed by atoms with van der Waals surface area (Å²) in [4.78, 5) is 6.32. The molecule has 1 aliphatic heterocycles. The third kappa shape index (κ3) is 3.28. The van der Waals surface area contributed by atoms with Gasteiger partial charge in [0, 0.05) is 40.1 Å². The van der Waals surface area contributed by atoms with E-state index in [9.17, 15) is 0 Å². The fraction of sp³-hybridized carbons (Fsp3) is 0.538. The quantitative estimate of drug-likeness (QED) is 0.586. The van der Waals surface area contributed by atoms with E-state index in [1.165, 1.54) is 0 Å². The number of rotatable bonds is 5. The van der Waals surface area contributed by atoms with Gasteiger partial charge in [-0.3, -0.25) is 15.3 Å². The highest BCUT2D eigenvalue weighted by Gasteiger charge is 2.32. The first kappa shape index (κ1) is 13.9. The lowest BCUT2D eigenvalue weighted by atomic mass is 10.2. The van der Waals surface area contributed by atoms with E-state index in [2.05, 4.69) is 9.88 Å². The minimum atomic E-state index is -0.00666. The van der Waals surface area contributed by atoms with Crippen LogP contribution in [0.5, 0.6) is 0 Å². The Morgan fingerprint density at radius 2 is 2.05 bits per heavy atom. The van der Waals surface area contributed by atoms with Gasteiger partial charge < -0.3 is 15.2 Å². The molecule has 1 saturated heterocycles. The van der Waals surface area contributed by atoms with Crippen LogP contribution in [0.4, 0.5) is 0 Å². The van der Waals surface area contributed by atoms with Crippen molar-refractivity contribution in [2.45, 2.75) is 18.8 Å². The van der Waals surface area contributed by atoms with Crippen molar-refractivity contribution >= 4 is 5.84 Å². The molecule has 3 N–H and O–H groups in total. The number of nitrogens with two attached hydrogens (primary N) is 1. The van der Waals surface area contributed by atoms with Gasteiger partial charge in [0.25, 0.3) is 0 Å². The van der Waals surface area contributed by atoms with E-state index in [0.29, 0.717) is 5.69 Å². The van der Waals surface area contributed by atoms with Crippen molar-refractivity contribution in [2.75, 3.05) is 27.3 Å². The molecular weight excluding hydrogens is 244 g/mol. The minimum Gasteiger partial charge on any atom is -0.382 e. The maximum Gasteiger partial charge on any atom is 0.141 e. The maximum absolute atomic E-state index is 7.40. The Kier molecular flexibility index (Phi) is 4.47. The average molecular weight is 264 g/mol. The number of hydrogen-bond donors (Lipinski definition) is 2. The van der Waals surface area contributed by atoms with Crippen LogP contribution < -0.4 is 5.73 Å². The molecule has 0 saturated carbocycles. The number of nitrogens with one attached hydrogen (secondary N) is 1. The van der Waals surface area contributed by atoms with Crippen LogP contribution in [0.25, 0.3) is 0 Å². The zero-order valence-corrected chi connectivity index (χ0v) is 11.3. The van der Waals surface area contributed by atoms with E-state index >= 15 is 0 Å². The van der Waals surface area contributed by atoms with Crippen molar-refractivity contribution in [1.82, 2.24) is 9.88 Å². The number of pyridine rings is 1. The Morgan fingerprint density at radius 1 is 1.42 bits per heavy atom. The summed E-state index contributed by atoms with van der Waals surface area (Å²) < 4.78 is 10.8. The van der Waals surface area contributed by atoms with Gasteiger partial charge in [0.1, 0.15) is 11.5 Å². The van der Waals surface area contributed by atoms with Gasteiger partial charge in [-0.1, -0.05) is 0 Å². The van der Waals surface area contributed by atoms with Gasteiger partial charge in [0.05, 0.1) is 12.2 Å². The highest BCUT2D eigenvalue weighted by molar-refractivity contribution is 5.93. The number of nitrogens with zero attached hydrogens (tertiary/aromatic N) is 2. The van der Waals surface area contributed by atoms with Crippen LogP contribution in [-0.4, -0.2) is 55.2 Å². The number of ether oxygens (including phenoxy) is 2. The van der Waals surface area contributed by atoms with Crippen molar-refractivity contribution in [2.24, 2.45) is 5.73 Å². The second-order valence-electron chi connectivity index (χ2n) is 4.71. The number of likely N-dealkylation sites (tertiary alicyclic amines) is 1. The minimum absolute atomic E-state index is 0.00666. The molecule has 2 unspecified atom stereocenters. The number of hydrogen-bond acceptors (Lipinski definition) is 5. The Bertz CT molecular complexity index is 440. The van der Waals surface area contributed by atoms with Crippen LogP contribution >= 0.6 is 0 Å². The lowest BCUT2D eigenvalue weighted by Crippen LogP contribution is -2.27. The molecule has 2 atom stereocenters. The van der Waals surface area contributed by atoms with Crippen LogP contribution in [0, 0.1) is 5.41 Å². The second kappa shape index (κ2) is 6.10. The third-order valence-corrected chi connectivity index (χ3v) is 3.40. The van der Waals surface area contributed by atoms with E-state index in [1.807, 2.05) is 12.1 Å². The number of nitrogen functional groups attached to an aromatic ring is 1. The molecular formula is C13H20N4O2. The molecule has 0 aliphatic carbocycles.